The zero-order chi connectivity index (χ0) is 31.7. The van der Waals surface area contributed by atoms with E-state index in [9.17, 15) is 19.8 Å². The van der Waals surface area contributed by atoms with E-state index in [1.54, 1.807) is 23.9 Å². The van der Waals surface area contributed by atoms with Crippen molar-refractivity contribution in [3.63, 3.8) is 0 Å². The molecule has 6 nitrogen and oxygen atoms in total. The molecule has 4 aliphatic carbocycles. The highest BCUT2D eigenvalue weighted by Gasteiger charge is 2.75. The predicted molar refractivity (Wildman–Crippen MR) is 172 cm³/mol. The third-order valence-corrected chi connectivity index (χ3v) is 12.7. The molecule has 0 aromatic heterocycles. The van der Waals surface area contributed by atoms with Gasteiger partial charge in [-0.2, -0.15) is 0 Å². The summed E-state index contributed by atoms with van der Waals surface area (Å²) in [6.45, 7) is 8.03. The third-order valence-electron chi connectivity index (χ3n) is 11.7. The molecule has 45 heavy (non-hydrogen) atoms. The van der Waals surface area contributed by atoms with Gasteiger partial charge in [-0.15, -0.1) is 0 Å². The zero-order valence-corrected chi connectivity index (χ0v) is 27.4. The molecule has 1 heterocycles. The second-order valence-corrected chi connectivity index (χ2v) is 15.9. The Morgan fingerprint density at radius 2 is 1.89 bits per heavy atom. The van der Waals surface area contributed by atoms with Crippen LogP contribution in [-0.4, -0.2) is 46.2 Å². The Kier molecular flexibility index (Phi) is 7.81. The van der Waals surface area contributed by atoms with Gasteiger partial charge < -0.3 is 19.7 Å². The van der Waals surface area contributed by atoms with Crippen LogP contribution in [0.15, 0.2) is 82.1 Å². The van der Waals surface area contributed by atoms with E-state index in [2.05, 4.69) is 64.1 Å². The van der Waals surface area contributed by atoms with E-state index in [1.165, 1.54) is 10.5 Å². The van der Waals surface area contributed by atoms with Gasteiger partial charge in [-0.1, -0.05) is 75.4 Å². The van der Waals surface area contributed by atoms with Crippen LogP contribution in [0.3, 0.4) is 0 Å². The minimum Gasteiger partial charge on any atom is -0.393 e. The first-order valence-corrected chi connectivity index (χ1v) is 17.3. The molecule has 2 aromatic carbocycles. The molecule has 1 aliphatic heterocycles. The smallest absolute Gasteiger partial charge is 0.193 e. The molecular formula is C38H44O6S. The quantitative estimate of drug-likeness (QED) is 0.355. The number of allylic oxidation sites excluding steroid dienone is 4. The first-order valence-electron chi connectivity index (χ1n) is 16.4. The highest BCUT2D eigenvalue weighted by Crippen LogP contribution is 2.70. The van der Waals surface area contributed by atoms with E-state index in [0.717, 1.165) is 35.3 Å². The average molecular weight is 629 g/mol. The molecule has 0 amide bonds. The molecule has 7 rings (SSSR count). The van der Waals surface area contributed by atoms with Crippen molar-refractivity contribution >= 4 is 23.3 Å². The van der Waals surface area contributed by atoms with Crippen molar-refractivity contribution in [3.05, 3.63) is 83.5 Å². The Balaban J connectivity index is 1.14. The predicted octanol–water partition coefficient (Wildman–Crippen LogP) is 6.64. The number of carbonyl (C=O) groups is 2. The summed E-state index contributed by atoms with van der Waals surface area (Å²) in [5.74, 6) is 0.381. The van der Waals surface area contributed by atoms with Crippen LogP contribution in [0.25, 0.3) is 0 Å². The summed E-state index contributed by atoms with van der Waals surface area (Å²) in [5.41, 5.74) is 0.802. The zero-order valence-electron chi connectivity index (χ0n) is 26.6. The molecule has 2 N–H and O–H groups in total. The Bertz CT molecular complexity index is 1560. The Labute approximate surface area is 270 Å². The lowest BCUT2D eigenvalue weighted by molar-refractivity contribution is -0.201. The Morgan fingerprint density at radius 3 is 2.62 bits per heavy atom. The van der Waals surface area contributed by atoms with Gasteiger partial charge in [-0.05, 0) is 91.8 Å². The third kappa shape index (κ3) is 4.84. The fourth-order valence-electron chi connectivity index (χ4n) is 9.87. The fraction of sp³-hybridized carbons (Fsp3) is 0.526. The van der Waals surface area contributed by atoms with Crippen molar-refractivity contribution in [1.82, 2.24) is 0 Å². The van der Waals surface area contributed by atoms with E-state index in [0.29, 0.717) is 18.8 Å². The number of rotatable bonds is 7. The standard InChI is InChI=1S/C38H44O6S/c1-22(2)16-23-6-5-7-28(17-23)45-27-11-8-24(9-12-27)35-43-33-19-30-29-13-10-25-18-26(40)14-15-36(25,3)34(29)31(41)20-37(30,4)38(33,44-35)32(42)21-39/h5-9,11-12,14-15,17-18,22,29-31,33-35,39,41H,10,13,16,19-21H2,1-4H3/t29-,30-,31-,33+,34+,35+,36-,37-,38+/m0/s1. The molecule has 238 valence electrons. The van der Waals surface area contributed by atoms with Crippen molar-refractivity contribution in [2.24, 2.45) is 34.5 Å². The molecule has 0 spiro atoms. The summed E-state index contributed by atoms with van der Waals surface area (Å²) >= 11 is 1.71. The van der Waals surface area contributed by atoms with Crippen LogP contribution in [0, 0.1) is 34.5 Å². The number of carbonyl (C=O) groups excluding carboxylic acids is 2. The summed E-state index contributed by atoms with van der Waals surface area (Å²) in [7, 11) is 0. The minimum absolute atomic E-state index is 0.00858. The van der Waals surface area contributed by atoms with Gasteiger partial charge in [0.2, 0.25) is 0 Å². The van der Waals surface area contributed by atoms with E-state index >= 15 is 0 Å². The highest BCUT2D eigenvalue weighted by atomic mass is 32.2. The molecule has 3 saturated carbocycles. The number of hydrogen-bond acceptors (Lipinski definition) is 7. The molecule has 4 fully saturated rings. The maximum absolute atomic E-state index is 13.8. The number of ether oxygens (including phenoxy) is 2. The Hall–Kier alpha value is -2.55. The van der Waals surface area contributed by atoms with E-state index in [-0.39, 0.29) is 29.3 Å². The normalized spacial score (nSPS) is 38.4. The van der Waals surface area contributed by atoms with Gasteiger partial charge in [0.15, 0.2) is 23.5 Å². The molecule has 0 radical (unpaired) electrons. The molecule has 0 unspecified atom stereocenters. The summed E-state index contributed by atoms with van der Waals surface area (Å²) in [5, 5.41) is 22.1. The van der Waals surface area contributed by atoms with Gasteiger partial charge in [0.1, 0.15) is 6.61 Å². The van der Waals surface area contributed by atoms with E-state index in [4.69, 9.17) is 9.47 Å². The van der Waals surface area contributed by atoms with Crippen LogP contribution in [0.2, 0.25) is 0 Å². The van der Waals surface area contributed by atoms with Crippen LogP contribution in [-0.2, 0) is 25.5 Å². The molecular weight excluding hydrogens is 584 g/mol. The summed E-state index contributed by atoms with van der Waals surface area (Å²) < 4.78 is 13.4. The van der Waals surface area contributed by atoms with Gasteiger partial charge in [-0.3, -0.25) is 9.59 Å². The van der Waals surface area contributed by atoms with Crippen LogP contribution < -0.4 is 0 Å². The first-order chi connectivity index (χ1) is 21.5. The van der Waals surface area contributed by atoms with Gasteiger partial charge in [-0.25, -0.2) is 0 Å². The second kappa shape index (κ2) is 11.3. The molecule has 2 aromatic rings. The summed E-state index contributed by atoms with van der Waals surface area (Å²) in [6, 6.07) is 16.8. The number of hydrogen-bond donors (Lipinski definition) is 2. The number of aliphatic hydroxyl groups excluding tert-OH is 2. The van der Waals surface area contributed by atoms with Crippen LogP contribution >= 0.6 is 11.8 Å². The lowest BCUT2D eigenvalue weighted by atomic mass is 9.46. The van der Waals surface area contributed by atoms with Crippen LogP contribution in [0.5, 0.6) is 0 Å². The number of benzene rings is 2. The maximum Gasteiger partial charge on any atom is 0.193 e. The number of Topliss-reactive ketones (excluding diaryl/α,β-unsaturated/α-hetero) is 1. The first kappa shape index (κ1) is 31.1. The van der Waals surface area contributed by atoms with Gasteiger partial charge in [0.05, 0.1) is 12.2 Å². The fourth-order valence-corrected chi connectivity index (χ4v) is 10.8. The molecule has 0 bridgehead atoms. The van der Waals surface area contributed by atoms with Gasteiger partial charge >= 0.3 is 0 Å². The van der Waals surface area contributed by atoms with Crippen LogP contribution in [0.1, 0.15) is 70.8 Å². The SMILES string of the molecule is CC(C)Cc1cccc(Sc2ccc([C@@H]3O[C@@H]4C[C@H]5[C@@H]6CCC7=CC(=O)C=C[C@]7(C)[C@H]6[C@@H](O)C[C@]5(C)[C@]4(C(=O)CO)O3)cc2)c1. The number of fused-ring (bicyclic) bond motifs is 7. The van der Waals surface area contributed by atoms with Crippen molar-refractivity contribution in [2.45, 2.75) is 93.7 Å². The average Bonchev–Trinajstić information content (AvgIpc) is 3.50. The van der Waals surface area contributed by atoms with Crippen molar-refractivity contribution < 1.29 is 29.3 Å². The monoisotopic (exact) mass is 628 g/mol. The molecule has 7 heteroatoms. The van der Waals surface area contributed by atoms with E-state index < -0.39 is 41.5 Å². The van der Waals surface area contributed by atoms with Gasteiger partial charge in [0.25, 0.3) is 0 Å². The lowest BCUT2D eigenvalue weighted by Gasteiger charge is -2.59. The van der Waals surface area contributed by atoms with Crippen molar-refractivity contribution in [3.8, 4) is 0 Å². The van der Waals surface area contributed by atoms with Crippen molar-refractivity contribution in [2.75, 3.05) is 6.61 Å². The van der Waals surface area contributed by atoms with Gasteiger partial charge in [0, 0.05) is 32.1 Å². The number of aliphatic hydroxyl groups is 2. The summed E-state index contributed by atoms with van der Waals surface area (Å²) in [4.78, 5) is 28.3. The topological polar surface area (TPSA) is 93.1 Å². The molecule has 9 atom stereocenters. The molecule has 1 saturated heterocycles. The maximum atomic E-state index is 13.8. The van der Waals surface area contributed by atoms with E-state index in [1.807, 2.05) is 18.2 Å². The van der Waals surface area contributed by atoms with Crippen LogP contribution in [0.4, 0.5) is 0 Å². The highest BCUT2D eigenvalue weighted by molar-refractivity contribution is 7.99. The largest absolute Gasteiger partial charge is 0.393 e. The molecule has 5 aliphatic rings. The number of ketones is 2. The summed E-state index contributed by atoms with van der Waals surface area (Å²) in [6.07, 6.45) is 7.10. The lowest BCUT2D eigenvalue weighted by Crippen LogP contribution is -2.63. The minimum atomic E-state index is -1.34. The Morgan fingerprint density at radius 1 is 1.11 bits per heavy atom. The van der Waals surface area contributed by atoms with Crippen molar-refractivity contribution in [1.29, 1.82) is 0 Å². The second-order valence-electron chi connectivity index (χ2n) is 14.8.